The standard InChI is InChI=1S/C17H21N5OS/c1-12-18-15(11-24-12)17(23)22-8-6-21(7-9-22)16-10-13-4-2-3-5-14(13)19-20-16/h10-11H,2-9H2,1H3. The molecule has 0 saturated carbocycles. The van der Waals surface area contributed by atoms with Gasteiger partial charge in [-0.25, -0.2) is 4.98 Å². The summed E-state index contributed by atoms with van der Waals surface area (Å²) < 4.78 is 0. The third-order valence-corrected chi connectivity index (χ3v) is 5.56. The van der Waals surface area contributed by atoms with Crippen LogP contribution in [0, 0.1) is 6.92 Å². The highest BCUT2D eigenvalue weighted by Gasteiger charge is 2.25. The molecule has 1 amide bonds. The Labute approximate surface area is 145 Å². The zero-order valence-corrected chi connectivity index (χ0v) is 14.7. The summed E-state index contributed by atoms with van der Waals surface area (Å²) >= 11 is 1.52. The summed E-state index contributed by atoms with van der Waals surface area (Å²) in [5.74, 6) is 0.989. The molecule has 0 radical (unpaired) electrons. The number of carbonyl (C=O) groups is 1. The van der Waals surface area contributed by atoms with Crippen molar-refractivity contribution in [2.24, 2.45) is 0 Å². The highest BCUT2D eigenvalue weighted by molar-refractivity contribution is 7.09. The van der Waals surface area contributed by atoms with Gasteiger partial charge < -0.3 is 9.80 Å². The van der Waals surface area contributed by atoms with Crippen LogP contribution in [0.15, 0.2) is 11.4 Å². The molecule has 0 N–H and O–H groups in total. The molecule has 7 heteroatoms. The van der Waals surface area contributed by atoms with Crippen molar-refractivity contribution in [1.82, 2.24) is 20.1 Å². The molecule has 4 rings (SSSR count). The van der Waals surface area contributed by atoms with Gasteiger partial charge in [-0.05, 0) is 44.2 Å². The van der Waals surface area contributed by atoms with Crippen molar-refractivity contribution < 1.29 is 4.79 Å². The Balaban J connectivity index is 1.42. The Hall–Kier alpha value is -2.02. The van der Waals surface area contributed by atoms with E-state index < -0.39 is 0 Å². The zero-order chi connectivity index (χ0) is 16.5. The molecule has 1 fully saturated rings. The van der Waals surface area contributed by atoms with Gasteiger partial charge in [-0.1, -0.05) is 0 Å². The van der Waals surface area contributed by atoms with Gasteiger partial charge in [-0.2, -0.15) is 5.10 Å². The Morgan fingerprint density at radius 3 is 2.67 bits per heavy atom. The fourth-order valence-electron chi connectivity index (χ4n) is 3.40. The van der Waals surface area contributed by atoms with Crippen molar-refractivity contribution in [3.05, 3.63) is 33.4 Å². The van der Waals surface area contributed by atoms with Gasteiger partial charge in [0.05, 0.1) is 10.7 Å². The lowest BCUT2D eigenvalue weighted by molar-refractivity contribution is 0.0741. The Morgan fingerprint density at radius 1 is 1.12 bits per heavy atom. The monoisotopic (exact) mass is 343 g/mol. The van der Waals surface area contributed by atoms with E-state index in [2.05, 4.69) is 26.1 Å². The maximum absolute atomic E-state index is 12.5. The van der Waals surface area contributed by atoms with Crippen molar-refractivity contribution in [2.45, 2.75) is 32.6 Å². The van der Waals surface area contributed by atoms with E-state index in [1.165, 1.54) is 29.7 Å². The third-order valence-electron chi connectivity index (χ3n) is 4.79. The smallest absolute Gasteiger partial charge is 0.273 e. The second kappa shape index (κ2) is 6.47. The van der Waals surface area contributed by atoms with E-state index in [0.29, 0.717) is 18.8 Å². The molecule has 6 nitrogen and oxygen atoms in total. The van der Waals surface area contributed by atoms with Gasteiger partial charge in [0.2, 0.25) is 0 Å². The van der Waals surface area contributed by atoms with E-state index in [1.54, 1.807) is 0 Å². The average molecular weight is 343 g/mol. The van der Waals surface area contributed by atoms with E-state index >= 15 is 0 Å². The number of fused-ring (bicyclic) bond motifs is 1. The molecule has 1 aliphatic heterocycles. The van der Waals surface area contributed by atoms with Gasteiger partial charge in [0.25, 0.3) is 5.91 Å². The first-order valence-electron chi connectivity index (χ1n) is 8.52. The van der Waals surface area contributed by atoms with Crippen LogP contribution in [0.5, 0.6) is 0 Å². The number of thiazole rings is 1. The SMILES string of the molecule is Cc1nc(C(=O)N2CCN(c3cc4c(nn3)CCCC4)CC2)cs1. The molecular formula is C17H21N5OS. The van der Waals surface area contributed by atoms with Crippen LogP contribution in [0.2, 0.25) is 0 Å². The van der Waals surface area contributed by atoms with Gasteiger partial charge in [0.1, 0.15) is 5.69 Å². The first kappa shape index (κ1) is 15.5. The number of nitrogens with zero attached hydrogens (tertiary/aromatic N) is 5. The third kappa shape index (κ3) is 3.00. The molecule has 0 aromatic carbocycles. The molecule has 2 aromatic heterocycles. The zero-order valence-electron chi connectivity index (χ0n) is 13.9. The Bertz CT molecular complexity index is 751. The predicted molar refractivity (Wildman–Crippen MR) is 93.6 cm³/mol. The fourth-order valence-corrected chi connectivity index (χ4v) is 3.98. The first-order chi connectivity index (χ1) is 11.7. The largest absolute Gasteiger partial charge is 0.352 e. The van der Waals surface area contributed by atoms with Crippen molar-refractivity contribution in [3.8, 4) is 0 Å². The number of hydrogen-bond acceptors (Lipinski definition) is 6. The maximum atomic E-state index is 12.5. The number of aryl methyl sites for hydroxylation is 3. The highest BCUT2D eigenvalue weighted by Crippen LogP contribution is 2.23. The van der Waals surface area contributed by atoms with E-state index in [-0.39, 0.29) is 5.91 Å². The van der Waals surface area contributed by atoms with Crippen LogP contribution in [0.25, 0.3) is 0 Å². The summed E-state index contributed by atoms with van der Waals surface area (Å²) in [7, 11) is 0. The van der Waals surface area contributed by atoms with Crippen LogP contribution >= 0.6 is 11.3 Å². The minimum atomic E-state index is 0.0375. The lowest BCUT2D eigenvalue weighted by atomic mass is 9.97. The number of rotatable bonds is 2. The van der Waals surface area contributed by atoms with Crippen molar-refractivity contribution >= 4 is 23.1 Å². The second-order valence-corrected chi connectivity index (χ2v) is 7.47. The van der Waals surface area contributed by atoms with Crippen LogP contribution in [0.3, 0.4) is 0 Å². The predicted octanol–water partition coefficient (Wildman–Crippen LogP) is 2.08. The summed E-state index contributed by atoms with van der Waals surface area (Å²) in [6, 6.07) is 2.20. The molecule has 0 spiro atoms. The van der Waals surface area contributed by atoms with E-state index in [0.717, 1.165) is 42.5 Å². The first-order valence-corrected chi connectivity index (χ1v) is 9.40. The molecule has 2 aromatic rings. The molecule has 2 aliphatic rings. The van der Waals surface area contributed by atoms with Gasteiger partial charge >= 0.3 is 0 Å². The van der Waals surface area contributed by atoms with Gasteiger partial charge in [-0.3, -0.25) is 4.79 Å². The summed E-state index contributed by atoms with van der Waals surface area (Å²) in [4.78, 5) is 20.9. The molecule has 0 atom stereocenters. The maximum Gasteiger partial charge on any atom is 0.273 e. The van der Waals surface area contributed by atoms with Crippen LogP contribution in [-0.2, 0) is 12.8 Å². The van der Waals surface area contributed by atoms with Gasteiger partial charge in [0, 0.05) is 31.6 Å². The minimum absolute atomic E-state index is 0.0375. The molecule has 3 heterocycles. The number of piperazine rings is 1. The van der Waals surface area contributed by atoms with Crippen LogP contribution < -0.4 is 4.90 Å². The normalized spacial score (nSPS) is 17.7. The average Bonchev–Trinajstić information content (AvgIpc) is 3.07. The number of hydrogen-bond donors (Lipinski definition) is 0. The number of carbonyl (C=O) groups excluding carboxylic acids is 1. The number of anilines is 1. The topological polar surface area (TPSA) is 62.2 Å². The van der Waals surface area contributed by atoms with E-state index in [1.807, 2.05) is 17.2 Å². The Morgan fingerprint density at radius 2 is 1.92 bits per heavy atom. The lowest BCUT2D eigenvalue weighted by Crippen LogP contribution is -2.49. The van der Waals surface area contributed by atoms with Crippen molar-refractivity contribution in [3.63, 3.8) is 0 Å². The van der Waals surface area contributed by atoms with Crippen molar-refractivity contribution in [1.29, 1.82) is 0 Å². The van der Waals surface area contributed by atoms with E-state index in [4.69, 9.17) is 0 Å². The minimum Gasteiger partial charge on any atom is -0.352 e. The summed E-state index contributed by atoms with van der Waals surface area (Å²) in [6.07, 6.45) is 4.63. The van der Waals surface area contributed by atoms with Gasteiger partial charge in [0.15, 0.2) is 5.82 Å². The lowest BCUT2D eigenvalue weighted by Gasteiger charge is -2.35. The van der Waals surface area contributed by atoms with Crippen molar-refractivity contribution in [2.75, 3.05) is 31.1 Å². The molecule has 126 valence electrons. The Kier molecular flexibility index (Phi) is 4.18. The summed E-state index contributed by atoms with van der Waals surface area (Å²) in [5, 5.41) is 11.6. The van der Waals surface area contributed by atoms with E-state index in [9.17, 15) is 4.79 Å². The molecule has 0 bridgehead atoms. The number of aromatic nitrogens is 3. The molecule has 1 aliphatic carbocycles. The van der Waals surface area contributed by atoms with Crippen LogP contribution in [-0.4, -0.2) is 52.2 Å². The highest BCUT2D eigenvalue weighted by atomic mass is 32.1. The molecule has 24 heavy (non-hydrogen) atoms. The molecule has 0 unspecified atom stereocenters. The molecular weight excluding hydrogens is 322 g/mol. The number of amides is 1. The van der Waals surface area contributed by atoms with Gasteiger partial charge in [-0.15, -0.1) is 16.4 Å². The van der Waals surface area contributed by atoms with Crippen LogP contribution in [0.4, 0.5) is 5.82 Å². The quantitative estimate of drug-likeness (QED) is 0.835. The molecule has 1 saturated heterocycles. The second-order valence-electron chi connectivity index (χ2n) is 6.41. The summed E-state index contributed by atoms with van der Waals surface area (Å²) in [5.41, 5.74) is 3.08. The fraction of sp³-hybridized carbons (Fsp3) is 0.529. The van der Waals surface area contributed by atoms with Crippen LogP contribution in [0.1, 0.15) is 39.6 Å². The summed E-state index contributed by atoms with van der Waals surface area (Å²) in [6.45, 7) is 4.92.